The summed E-state index contributed by atoms with van der Waals surface area (Å²) < 4.78 is 7.07. The van der Waals surface area contributed by atoms with E-state index in [4.69, 9.17) is 9.84 Å². The summed E-state index contributed by atoms with van der Waals surface area (Å²) in [5.41, 5.74) is 6.84. The van der Waals surface area contributed by atoms with Crippen LogP contribution in [0.5, 0.6) is 5.75 Å². The number of aryl methyl sites for hydroxylation is 1. The maximum absolute atomic E-state index is 12.0. The van der Waals surface area contributed by atoms with E-state index >= 15 is 0 Å². The minimum Gasteiger partial charge on any atom is -0.497 e. The summed E-state index contributed by atoms with van der Waals surface area (Å²) in [5, 5.41) is 15.7. The Morgan fingerprint density at radius 1 is 1.07 bits per heavy atom. The van der Waals surface area contributed by atoms with Crippen LogP contribution in [0.15, 0.2) is 59.7 Å². The molecule has 1 aromatic heterocycles. The maximum atomic E-state index is 12.0. The summed E-state index contributed by atoms with van der Waals surface area (Å²) in [4.78, 5) is 23.0. The number of ether oxygens (including phenoxy) is 1. The molecule has 0 unspecified atom stereocenters. The molecule has 154 valence electrons. The highest BCUT2D eigenvalue weighted by atomic mass is 16.5. The highest BCUT2D eigenvalue weighted by Crippen LogP contribution is 2.20. The molecule has 0 saturated carbocycles. The minimum atomic E-state index is -0.964. The molecule has 0 aliphatic heterocycles. The molecule has 0 spiro atoms. The molecule has 8 nitrogen and oxygen atoms in total. The first-order valence-corrected chi connectivity index (χ1v) is 9.16. The van der Waals surface area contributed by atoms with E-state index in [2.05, 4.69) is 15.8 Å². The second-order valence-electron chi connectivity index (χ2n) is 6.57. The zero-order valence-corrected chi connectivity index (χ0v) is 16.8. The van der Waals surface area contributed by atoms with Gasteiger partial charge in [-0.2, -0.15) is 5.10 Å². The summed E-state index contributed by atoms with van der Waals surface area (Å²) in [7, 11) is 1.58. The van der Waals surface area contributed by atoms with E-state index in [1.54, 1.807) is 61.9 Å². The molecule has 0 bridgehead atoms. The molecule has 3 N–H and O–H groups in total. The van der Waals surface area contributed by atoms with E-state index in [0.717, 1.165) is 22.6 Å². The van der Waals surface area contributed by atoms with Crippen LogP contribution in [-0.2, 0) is 0 Å². The van der Waals surface area contributed by atoms with Gasteiger partial charge in [-0.15, -0.1) is 0 Å². The standard InChI is InChI=1S/C22H22N4O4/c1-14-12-17(15(2)26(14)19-8-4-16(5-9-19)21(27)28)13-23-25-22(29)24-18-6-10-20(30-3)11-7-18/h4-13H,1-3H3,(H,27,28)(H2,24,25,29). The zero-order valence-electron chi connectivity index (χ0n) is 16.8. The van der Waals surface area contributed by atoms with Crippen molar-refractivity contribution in [3.8, 4) is 11.4 Å². The number of methoxy groups -OCH3 is 1. The van der Waals surface area contributed by atoms with Crippen molar-refractivity contribution in [3.63, 3.8) is 0 Å². The van der Waals surface area contributed by atoms with Gasteiger partial charge in [0.2, 0.25) is 0 Å². The van der Waals surface area contributed by atoms with Crippen molar-refractivity contribution in [2.75, 3.05) is 12.4 Å². The monoisotopic (exact) mass is 406 g/mol. The molecule has 0 radical (unpaired) electrons. The Bertz CT molecular complexity index is 1080. The van der Waals surface area contributed by atoms with Gasteiger partial charge in [0.05, 0.1) is 18.9 Å². The Labute approximate surface area is 173 Å². The van der Waals surface area contributed by atoms with Gasteiger partial charge >= 0.3 is 12.0 Å². The Balaban J connectivity index is 1.67. The Morgan fingerprint density at radius 2 is 1.73 bits per heavy atom. The van der Waals surface area contributed by atoms with Crippen LogP contribution in [-0.4, -0.2) is 35.0 Å². The number of anilines is 1. The lowest BCUT2D eigenvalue weighted by atomic mass is 10.2. The van der Waals surface area contributed by atoms with E-state index < -0.39 is 12.0 Å². The largest absolute Gasteiger partial charge is 0.497 e. The van der Waals surface area contributed by atoms with Crippen molar-refractivity contribution in [2.24, 2.45) is 5.10 Å². The van der Waals surface area contributed by atoms with Crippen LogP contribution < -0.4 is 15.5 Å². The number of rotatable bonds is 6. The highest BCUT2D eigenvalue weighted by molar-refractivity contribution is 5.91. The summed E-state index contributed by atoms with van der Waals surface area (Å²) >= 11 is 0. The van der Waals surface area contributed by atoms with Crippen molar-refractivity contribution in [2.45, 2.75) is 13.8 Å². The van der Waals surface area contributed by atoms with Gasteiger partial charge in [0.25, 0.3) is 0 Å². The fourth-order valence-corrected chi connectivity index (χ4v) is 3.06. The predicted molar refractivity (Wildman–Crippen MR) is 115 cm³/mol. The van der Waals surface area contributed by atoms with E-state index in [0.29, 0.717) is 11.4 Å². The van der Waals surface area contributed by atoms with Crippen molar-refractivity contribution in [3.05, 3.63) is 77.1 Å². The molecule has 2 amide bonds. The number of nitrogens with zero attached hydrogens (tertiary/aromatic N) is 2. The van der Waals surface area contributed by atoms with Crippen LogP contribution in [0.1, 0.15) is 27.3 Å². The fourth-order valence-electron chi connectivity index (χ4n) is 3.06. The van der Waals surface area contributed by atoms with Crippen LogP contribution in [0.25, 0.3) is 5.69 Å². The third kappa shape index (κ3) is 4.67. The summed E-state index contributed by atoms with van der Waals surface area (Å²) in [5.74, 6) is -0.263. The molecular weight excluding hydrogens is 384 g/mol. The number of amides is 2. The van der Waals surface area contributed by atoms with Gasteiger partial charge in [-0.3, -0.25) is 0 Å². The number of hydrogen-bond acceptors (Lipinski definition) is 4. The van der Waals surface area contributed by atoms with Gasteiger partial charge in [0.15, 0.2) is 0 Å². The fraction of sp³-hybridized carbons (Fsp3) is 0.136. The van der Waals surface area contributed by atoms with Gasteiger partial charge in [-0.25, -0.2) is 15.0 Å². The molecular formula is C22H22N4O4. The van der Waals surface area contributed by atoms with Crippen LogP contribution in [0.3, 0.4) is 0 Å². The Morgan fingerprint density at radius 3 is 2.33 bits per heavy atom. The average Bonchev–Trinajstić information content (AvgIpc) is 3.02. The Hall–Kier alpha value is -4.07. The van der Waals surface area contributed by atoms with Gasteiger partial charge in [0, 0.05) is 28.3 Å². The summed E-state index contributed by atoms with van der Waals surface area (Å²) in [6.45, 7) is 3.87. The number of hydrazone groups is 1. The smallest absolute Gasteiger partial charge is 0.339 e. The number of carbonyl (C=O) groups excluding carboxylic acids is 1. The van der Waals surface area contributed by atoms with Crippen molar-refractivity contribution in [1.82, 2.24) is 9.99 Å². The van der Waals surface area contributed by atoms with E-state index in [1.165, 1.54) is 0 Å². The second-order valence-corrected chi connectivity index (χ2v) is 6.57. The minimum absolute atomic E-state index is 0.232. The van der Waals surface area contributed by atoms with Crippen molar-refractivity contribution >= 4 is 23.9 Å². The molecule has 0 atom stereocenters. The molecule has 8 heteroatoms. The molecule has 2 aromatic carbocycles. The molecule has 0 aliphatic carbocycles. The lowest BCUT2D eigenvalue weighted by Gasteiger charge is -2.10. The SMILES string of the molecule is COc1ccc(NC(=O)NN=Cc2cc(C)n(-c3ccc(C(=O)O)cc3)c2C)cc1. The number of aromatic carboxylic acids is 1. The molecule has 3 aromatic rings. The lowest BCUT2D eigenvalue weighted by Crippen LogP contribution is -2.24. The lowest BCUT2D eigenvalue weighted by molar-refractivity contribution is 0.0697. The third-order valence-electron chi connectivity index (χ3n) is 4.56. The average molecular weight is 406 g/mol. The summed E-state index contributed by atoms with van der Waals surface area (Å²) in [6, 6.07) is 15.1. The number of carbonyl (C=O) groups is 2. The zero-order chi connectivity index (χ0) is 21.7. The third-order valence-corrected chi connectivity index (χ3v) is 4.56. The van der Waals surface area contributed by atoms with Crippen molar-refractivity contribution < 1.29 is 19.4 Å². The number of benzene rings is 2. The van der Waals surface area contributed by atoms with E-state index in [-0.39, 0.29) is 5.56 Å². The van der Waals surface area contributed by atoms with Crippen molar-refractivity contribution in [1.29, 1.82) is 0 Å². The molecule has 1 heterocycles. The topological polar surface area (TPSA) is 105 Å². The number of urea groups is 1. The van der Waals surface area contributed by atoms with Gasteiger partial charge in [-0.1, -0.05) is 0 Å². The predicted octanol–water partition coefficient (Wildman–Crippen LogP) is 3.96. The van der Waals surface area contributed by atoms with Crippen LogP contribution in [0, 0.1) is 13.8 Å². The normalized spacial score (nSPS) is 10.8. The molecule has 30 heavy (non-hydrogen) atoms. The van der Waals surface area contributed by atoms with Gasteiger partial charge < -0.3 is 19.7 Å². The first kappa shape index (κ1) is 20.7. The van der Waals surface area contributed by atoms with Crippen LogP contribution in [0.4, 0.5) is 10.5 Å². The summed E-state index contributed by atoms with van der Waals surface area (Å²) in [6.07, 6.45) is 1.57. The van der Waals surface area contributed by atoms with E-state index in [9.17, 15) is 9.59 Å². The number of carboxylic acid groups (broad SMARTS) is 1. The van der Waals surface area contributed by atoms with Crippen LogP contribution >= 0.6 is 0 Å². The second kappa shape index (κ2) is 8.95. The molecule has 0 saturated heterocycles. The number of aromatic nitrogens is 1. The van der Waals surface area contributed by atoms with E-state index in [1.807, 2.05) is 24.5 Å². The number of nitrogens with one attached hydrogen (secondary N) is 2. The van der Waals surface area contributed by atoms with Gasteiger partial charge in [0.1, 0.15) is 5.75 Å². The van der Waals surface area contributed by atoms with Crippen LogP contribution in [0.2, 0.25) is 0 Å². The number of carboxylic acids is 1. The molecule has 0 aliphatic rings. The van der Waals surface area contributed by atoms with Gasteiger partial charge in [-0.05, 0) is 68.4 Å². The molecule has 3 rings (SSSR count). The maximum Gasteiger partial charge on any atom is 0.339 e. The first-order valence-electron chi connectivity index (χ1n) is 9.16. The Kier molecular flexibility index (Phi) is 6.17. The first-order chi connectivity index (χ1) is 14.4. The quantitative estimate of drug-likeness (QED) is 0.426. The number of hydrogen-bond donors (Lipinski definition) is 3. The molecule has 0 fully saturated rings. The highest BCUT2D eigenvalue weighted by Gasteiger charge is 2.10.